The van der Waals surface area contributed by atoms with Gasteiger partial charge in [-0.1, -0.05) is 53.2 Å². The highest BCUT2D eigenvalue weighted by molar-refractivity contribution is 7.99. The number of furan rings is 1. The molecular weight excluding hydrogens is 338 g/mol. The van der Waals surface area contributed by atoms with Crippen molar-refractivity contribution < 1.29 is 4.42 Å². The summed E-state index contributed by atoms with van der Waals surface area (Å²) in [6, 6.07) is 21.4. The van der Waals surface area contributed by atoms with Crippen molar-refractivity contribution in [2.24, 2.45) is 0 Å². The summed E-state index contributed by atoms with van der Waals surface area (Å²) >= 11 is 7.54. The van der Waals surface area contributed by atoms with Gasteiger partial charge < -0.3 is 4.42 Å². The van der Waals surface area contributed by atoms with Crippen molar-refractivity contribution in [3.8, 4) is 6.07 Å². The fourth-order valence-electron chi connectivity index (χ4n) is 2.17. The third-order valence-corrected chi connectivity index (χ3v) is 4.55. The first kappa shape index (κ1) is 16.4. The summed E-state index contributed by atoms with van der Waals surface area (Å²) in [6.45, 7) is 2.06. The van der Waals surface area contributed by atoms with Crippen LogP contribution >= 0.6 is 23.4 Å². The highest BCUT2D eigenvalue weighted by Gasteiger charge is 2.06. The van der Waals surface area contributed by atoms with Crippen LogP contribution in [0, 0.1) is 18.3 Å². The smallest absolute Gasteiger partial charge is 0.165 e. The maximum absolute atomic E-state index is 9.39. The number of aryl methyl sites for hydroxylation is 1. The fourth-order valence-corrected chi connectivity index (χ4v) is 3.14. The highest BCUT2D eigenvalue weighted by Crippen LogP contribution is 2.30. The summed E-state index contributed by atoms with van der Waals surface area (Å²) in [7, 11) is 0. The van der Waals surface area contributed by atoms with Gasteiger partial charge in [0.2, 0.25) is 0 Å². The van der Waals surface area contributed by atoms with Crippen LogP contribution in [0.4, 0.5) is 0 Å². The van der Waals surface area contributed by atoms with E-state index in [1.807, 2.05) is 24.3 Å². The molecule has 24 heavy (non-hydrogen) atoms. The topological polar surface area (TPSA) is 36.9 Å². The first-order chi connectivity index (χ1) is 11.6. The summed E-state index contributed by atoms with van der Waals surface area (Å²) in [4.78, 5) is 1.11. The number of hydrogen-bond acceptors (Lipinski definition) is 3. The molecule has 0 radical (unpaired) electrons. The molecule has 4 heteroatoms. The minimum atomic E-state index is 0.513. The van der Waals surface area contributed by atoms with Gasteiger partial charge in [0.15, 0.2) is 5.09 Å². The quantitative estimate of drug-likeness (QED) is 0.506. The fraction of sp³-hybridized carbons (Fsp3) is 0.0500. The summed E-state index contributed by atoms with van der Waals surface area (Å²) in [5.74, 6) is 0.640. The van der Waals surface area contributed by atoms with E-state index in [1.165, 1.54) is 5.56 Å². The molecule has 3 rings (SSSR count). The van der Waals surface area contributed by atoms with Crippen molar-refractivity contribution in [1.29, 1.82) is 5.26 Å². The zero-order valence-electron chi connectivity index (χ0n) is 13.0. The average molecular weight is 352 g/mol. The molecule has 0 aliphatic carbocycles. The molecule has 3 aromatic rings. The maximum atomic E-state index is 9.39. The summed E-state index contributed by atoms with van der Waals surface area (Å²) in [5.41, 5.74) is 2.51. The van der Waals surface area contributed by atoms with E-state index in [0.29, 0.717) is 16.4 Å². The molecule has 0 spiro atoms. The number of halogens is 1. The van der Waals surface area contributed by atoms with Gasteiger partial charge in [0, 0.05) is 9.92 Å². The summed E-state index contributed by atoms with van der Waals surface area (Å²) in [5, 5.41) is 10.8. The minimum absolute atomic E-state index is 0.513. The van der Waals surface area contributed by atoms with Crippen molar-refractivity contribution in [2.75, 3.05) is 0 Å². The average Bonchev–Trinajstić information content (AvgIpc) is 3.02. The van der Waals surface area contributed by atoms with Crippen molar-refractivity contribution in [1.82, 2.24) is 0 Å². The third kappa shape index (κ3) is 4.11. The van der Waals surface area contributed by atoms with Crippen LogP contribution in [0.3, 0.4) is 0 Å². The van der Waals surface area contributed by atoms with Crippen LogP contribution in [-0.2, 0) is 0 Å². The Kier molecular flexibility index (Phi) is 5.10. The lowest BCUT2D eigenvalue weighted by atomic mass is 10.1. The molecule has 1 heterocycles. The van der Waals surface area contributed by atoms with Gasteiger partial charge >= 0.3 is 0 Å². The van der Waals surface area contributed by atoms with Gasteiger partial charge in [0.1, 0.15) is 5.76 Å². The molecule has 0 aliphatic heterocycles. The second-order valence-corrected chi connectivity index (χ2v) is 6.77. The number of nitriles is 1. The normalized spacial score (nSPS) is 11.3. The molecule has 0 unspecified atom stereocenters. The Labute approximate surface area is 150 Å². The molecule has 0 amide bonds. The largest absolute Gasteiger partial charge is 0.450 e. The minimum Gasteiger partial charge on any atom is -0.450 e. The predicted molar refractivity (Wildman–Crippen MR) is 98.9 cm³/mol. The molecule has 0 aliphatic rings. The van der Waals surface area contributed by atoms with Crippen molar-refractivity contribution >= 4 is 35.0 Å². The summed E-state index contributed by atoms with van der Waals surface area (Å²) < 4.78 is 5.80. The van der Waals surface area contributed by atoms with E-state index < -0.39 is 0 Å². The molecule has 2 nitrogen and oxygen atoms in total. The number of nitrogens with zero attached hydrogens (tertiary/aromatic N) is 1. The van der Waals surface area contributed by atoms with Crippen molar-refractivity contribution in [2.45, 2.75) is 16.9 Å². The van der Waals surface area contributed by atoms with Crippen LogP contribution < -0.4 is 0 Å². The number of benzene rings is 2. The molecule has 118 valence electrons. The number of allylic oxidation sites excluding steroid dienone is 1. The lowest BCUT2D eigenvalue weighted by Gasteiger charge is -2.00. The SMILES string of the molecule is Cc1ccc(Sc2ccc(/C=C(/C#N)c3cccc(Cl)c3)o2)cc1. The predicted octanol–water partition coefficient (Wildman–Crippen LogP) is 6.46. The molecule has 0 saturated carbocycles. The van der Waals surface area contributed by atoms with Crippen LogP contribution in [0.15, 0.2) is 75.1 Å². The zero-order valence-corrected chi connectivity index (χ0v) is 14.6. The molecule has 0 atom stereocenters. The van der Waals surface area contributed by atoms with Crippen LogP contribution in [0.5, 0.6) is 0 Å². The van der Waals surface area contributed by atoms with Gasteiger partial charge in [0.05, 0.1) is 11.6 Å². The van der Waals surface area contributed by atoms with E-state index in [0.717, 1.165) is 15.6 Å². The summed E-state index contributed by atoms with van der Waals surface area (Å²) in [6.07, 6.45) is 1.73. The molecule has 2 aromatic carbocycles. The van der Waals surface area contributed by atoms with E-state index in [4.69, 9.17) is 16.0 Å². The van der Waals surface area contributed by atoms with E-state index in [-0.39, 0.29) is 0 Å². The van der Waals surface area contributed by atoms with Gasteiger partial charge in [-0.05, 0) is 55.0 Å². The Morgan fingerprint density at radius 2 is 1.92 bits per heavy atom. The molecule has 0 bridgehead atoms. The zero-order chi connectivity index (χ0) is 16.9. The Morgan fingerprint density at radius 3 is 2.62 bits per heavy atom. The Bertz CT molecular complexity index is 919. The van der Waals surface area contributed by atoms with Crippen molar-refractivity contribution in [3.63, 3.8) is 0 Å². The highest BCUT2D eigenvalue weighted by atomic mass is 35.5. The molecule has 0 N–H and O–H groups in total. The van der Waals surface area contributed by atoms with E-state index in [9.17, 15) is 5.26 Å². The van der Waals surface area contributed by atoms with Crippen LogP contribution in [0.25, 0.3) is 11.6 Å². The maximum Gasteiger partial charge on any atom is 0.165 e. The van der Waals surface area contributed by atoms with E-state index in [2.05, 4.69) is 37.3 Å². The van der Waals surface area contributed by atoms with E-state index >= 15 is 0 Å². The van der Waals surface area contributed by atoms with Crippen LogP contribution in [0.1, 0.15) is 16.9 Å². The van der Waals surface area contributed by atoms with Crippen LogP contribution in [-0.4, -0.2) is 0 Å². The standard InChI is InChI=1S/C20H14ClNOS/c1-14-5-8-19(9-6-14)24-20-10-7-18(23-20)12-16(13-22)15-3-2-4-17(21)11-15/h2-12H,1H3/b16-12-. The number of hydrogen-bond donors (Lipinski definition) is 0. The lowest BCUT2D eigenvalue weighted by molar-refractivity contribution is 0.466. The molecule has 0 saturated heterocycles. The lowest BCUT2D eigenvalue weighted by Crippen LogP contribution is -1.81. The first-order valence-electron chi connectivity index (χ1n) is 7.36. The Hall–Kier alpha value is -2.41. The molecule has 0 fully saturated rings. The van der Waals surface area contributed by atoms with Gasteiger partial charge in [-0.15, -0.1) is 0 Å². The number of rotatable bonds is 4. The third-order valence-electron chi connectivity index (χ3n) is 3.38. The monoisotopic (exact) mass is 351 g/mol. The molecular formula is C20H14ClNOS. The van der Waals surface area contributed by atoms with Crippen LogP contribution in [0.2, 0.25) is 5.02 Å². The first-order valence-corrected chi connectivity index (χ1v) is 8.55. The Balaban J connectivity index is 1.81. The van der Waals surface area contributed by atoms with Gasteiger partial charge in [-0.25, -0.2) is 0 Å². The second-order valence-electron chi connectivity index (χ2n) is 5.25. The molecule has 1 aromatic heterocycles. The second kappa shape index (κ2) is 7.44. The Morgan fingerprint density at radius 1 is 1.12 bits per heavy atom. The van der Waals surface area contributed by atoms with Gasteiger partial charge in [-0.3, -0.25) is 0 Å². The van der Waals surface area contributed by atoms with Gasteiger partial charge in [-0.2, -0.15) is 5.26 Å². The van der Waals surface area contributed by atoms with E-state index in [1.54, 1.807) is 30.0 Å². The van der Waals surface area contributed by atoms with Crippen molar-refractivity contribution in [3.05, 3.63) is 82.6 Å². The van der Waals surface area contributed by atoms with Gasteiger partial charge in [0.25, 0.3) is 0 Å².